The Labute approximate surface area is 95.4 Å². The highest BCUT2D eigenvalue weighted by Crippen LogP contribution is 2.25. The van der Waals surface area contributed by atoms with Gasteiger partial charge in [0, 0.05) is 19.1 Å². The number of rotatable bonds is 5. The van der Waals surface area contributed by atoms with Gasteiger partial charge in [0.2, 0.25) is 0 Å². The molecule has 2 heteroatoms. The highest BCUT2D eigenvalue weighted by Gasteiger charge is 2.26. The van der Waals surface area contributed by atoms with E-state index in [0.717, 1.165) is 25.0 Å². The lowest BCUT2D eigenvalue weighted by Gasteiger charge is -2.31. The molecule has 1 N–H and O–H groups in total. The number of hydrogen-bond donors (Lipinski definition) is 1. The van der Waals surface area contributed by atoms with E-state index in [1.165, 1.54) is 19.3 Å². The lowest BCUT2D eigenvalue weighted by atomic mass is 9.92. The Hall–Kier alpha value is -0.0800. The minimum atomic E-state index is 0.381. The molecule has 0 bridgehead atoms. The van der Waals surface area contributed by atoms with Crippen LogP contribution in [0.2, 0.25) is 0 Å². The summed E-state index contributed by atoms with van der Waals surface area (Å²) in [4.78, 5) is 2.28. The van der Waals surface area contributed by atoms with Crippen LogP contribution in [0.4, 0.5) is 0 Å². The van der Waals surface area contributed by atoms with E-state index >= 15 is 0 Å². The minimum Gasteiger partial charge on any atom is -0.313 e. The summed E-state index contributed by atoms with van der Waals surface area (Å²) in [7, 11) is 4.31. The summed E-state index contributed by atoms with van der Waals surface area (Å²) in [5.41, 5.74) is 0.381. The smallest absolute Gasteiger partial charge is 0.00929 e. The normalized spacial score (nSPS) is 27.6. The Balaban J connectivity index is 2.28. The minimum absolute atomic E-state index is 0.381. The monoisotopic (exact) mass is 212 g/mol. The summed E-state index contributed by atoms with van der Waals surface area (Å²) in [6, 6.07) is 0.770. The van der Waals surface area contributed by atoms with Crippen molar-refractivity contribution in [3.05, 3.63) is 0 Å². The molecule has 1 rings (SSSR count). The van der Waals surface area contributed by atoms with Crippen LogP contribution in [0.5, 0.6) is 0 Å². The molecule has 1 aliphatic rings. The first kappa shape index (κ1) is 13.0. The summed E-state index contributed by atoms with van der Waals surface area (Å²) in [6.45, 7) is 9.37. The summed E-state index contributed by atoms with van der Waals surface area (Å²) >= 11 is 0. The van der Waals surface area contributed by atoms with Crippen LogP contribution in [0.15, 0.2) is 0 Å². The molecule has 2 atom stereocenters. The van der Waals surface area contributed by atoms with Gasteiger partial charge in [-0.1, -0.05) is 27.2 Å². The lowest BCUT2D eigenvalue weighted by molar-refractivity contribution is 0.220. The van der Waals surface area contributed by atoms with Crippen molar-refractivity contribution in [2.45, 2.75) is 46.1 Å². The quantitative estimate of drug-likeness (QED) is 0.752. The Morgan fingerprint density at radius 3 is 2.40 bits per heavy atom. The molecule has 0 heterocycles. The van der Waals surface area contributed by atoms with Crippen LogP contribution in [-0.4, -0.2) is 38.1 Å². The molecule has 90 valence electrons. The van der Waals surface area contributed by atoms with Crippen molar-refractivity contribution in [3.63, 3.8) is 0 Å². The first-order valence-electron chi connectivity index (χ1n) is 6.29. The van der Waals surface area contributed by atoms with Crippen LogP contribution >= 0.6 is 0 Å². The van der Waals surface area contributed by atoms with Crippen LogP contribution in [0.1, 0.15) is 40.0 Å². The van der Waals surface area contributed by atoms with Crippen molar-refractivity contribution < 1.29 is 0 Å². The fraction of sp³-hybridized carbons (Fsp3) is 1.00. The van der Waals surface area contributed by atoms with Crippen molar-refractivity contribution >= 4 is 0 Å². The Bertz CT molecular complexity index is 187. The molecule has 0 aromatic heterocycles. The van der Waals surface area contributed by atoms with E-state index in [0.29, 0.717) is 5.41 Å². The summed E-state index contributed by atoms with van der Waals surface area (Å²) in [5, 5.41) is 3.75. The number of hydrogen-bond acceptors (Lipinski definition) is 2. The van der Waals surface area contributed by atoms with E-state index in [-0.39, 0.29) is 0 Å². The van der Waals surface area contributed by atoms with E-state index in [2.05, 4.69) is 45.1 Å². The predicted octanol–water partition coefficient (Wildman–Crippen LogP) is 2.35. The summed E-state index contributed by atoms with van der Waals surface area (Å²) in [5.74, 6) is 0.875. The third kappa shape index (κ3) is 4.52. The zero-order valence-corrected chi connectivity index (χ0v) is 11.1. The standard InChI is InChI=1S/C13H28N2/c1-11-7-6-8-12(11)14-9-13(2,3)10-15(4)5/h11-12,14H,6-10H2,1-5H3/t11-,12+/m0/s1. The predicted molar refractivity (Wildman–Crippen MR) is 67.1 cm³/mol. The van der Waals surface area contributed by atoms with Gasteiger partial charge in [-0.3, -0.25) is 0 Å². The third-order valence-electron chi connectivity index (χ3n) is 3.45. The van der Waals surface area contributed by atoms with Crippen LogP contribution < -0.4 is 5.32 Å². The fourth-order valence-corrected chi connectivity index (χ4v) is 2.77. The van der Waals surface area contributed by atoms with Gasteiger partial charge in [-0.15, -0.1) is 0 Å². The van der Waals surface area contributed by atoms with Crippen molar-refractivity contribution in [1.29, 1.82) is 0 Å². The fourth-order valence-electron chi connectivity index (χ4n) is 2.77. The van der Waals surface area contributed by atoms with Gasteiger partial charge in [-0.05, 0) is 38.3 Å². The van der Waals surface area contributed by atoms with E-state index in [9.17, 15) is 0 Å². The second-order valence-electron chi connectivity index (χ2n) is 6.30. The molecule has 0 radical (unpaired) electrons. The average molecular weight is 212 g/mol. The van der Waals surface area contributed by atoms with Gasteiger partial charge in [0.15, 0.2) is 0 Å². The van der Waals surface area contributed by atoms with Crippen LogP contribution in [0.3, 0.4) is 0 Å². The maximum atomic E-state index is 3.75. The third-order valence-corrected chi connectivity index (χ3v) is 3.45. The van der Waals surface area contributed by atoms with Crippen molar-refractivity contribution in [1.82, 2.24) is 10.2 Å². The number of nitrogens with zero attached hydrogens (tertiary/aromatic N) is 1. The van der Waals surface area contributed by atoms with E-state index < -0.39 is 0 Å². The molecule has 0 aliphatic heterocycles. The first-order chi connectivity index (χ1) is 6.91. The van der Waals surface area contributed by atoms with Crippen LogP contribution in [-0.2, 0) is 0 Å². The molecular weight excluding hydrogens is 184 g/mol. The Morgan fingerprint density at radius 1 is 1.27 bits per heavy atom. The van der Waals surface area contributed by atoms with Crippen molar-refractivity contribution in [2.75, 3.05) is 27.2 Å². The highest BCUT2D eigenvalue weighted by atomic mass is 15.1. The van der Waals surface area contributed by atoms with Gasteiger partial charge in [-0.25, -0.2) is 0 Å². The maximum absolute atomic E-state index is 3.75. The molecule has 1 aliphatic carbocycles. The topological polar surface area (TPSA) is 15.3 Å². The second kappa shape index (κ2) is 5.31. The van der Waals surface area contributed by atoms with Gasteiger partial charge < -0.3 is 10.2 Å². The Morgan fingerprint density at radius 2 is 1.93 bits per heavy atom. The molecule has 0 spiro atoms. The van der Waals surface area contributed by atoms with E-state index in [4.69, 9.17) is 0 Å². The average Bonchev–Trinajstić information content (AvgIpc) is 2.45. The van der Waals surface area contributed by atoms with Crippen molar-refractivity contribution in [3.8, 4) is 0 Å². The van der Waals surface area contributed by atoms with Gasteiger partial charge >= 0.3 is 0 Å². The molecule has 15 heavy (non-hydrogen) atoms. The van der Waals surface area contributed by atoms with Gasteiger partial charge in [-0.2, -0.15) is 0 Å². The molecule has 0 saturated heterocycles. The molecule has 0 aromatic rings. The highest BCUT2D eigenvalue weighted by molar-refractivity contribution is 4.83. The SMILES string of the molecule is C[C@H]1CCC[C@H]1NCC(C)(C)CN(C)C. The van der Waals surface area contributed by atoms with Crippen molar-refractivity contribution in [2.24, 2.45) is 11.3 Å². The van der Waals surface area contributed by atoms with Gasteiger partial charge in [0.1, 0.15) is 0 Å². The lowest BCUT2D eigenvalue weighted by Crippen LogP contribution is -2.42. The molecule has 1 fully saturated rings. The molecule has 1 saturated carbocycles. The maximum Gasteiger partial charge on any atom is 0.00929 e. The van der Waals surface area contributed by atoms with Gasteiger partial charge in [0.05, 0.1) is 0 Å². The second-order valence-corrected chi connectivity index (χ2v) is 6.30. The Kier molecular flexibility index (Phi) is 4.60. The largest absolute Gasteiger partial charge is 0.313 e. The molecular formula is C13H28N2. The molecule has 0 aromatic carbocycles. The molecule has 0 unspecified atom stereocenters. The first-order valence-corrected chi connectivity index (χ1v) is 6.29. The van der Waals surface area contributed by atoms with E-state index in [1.807, 2.05) is 0 Å². The zero-order chi connectivity index (χ0) is 11.5. The van der Waals surface area contributed by atoms with Crippen LogP contribution in [0, 0.1) is 11.3 Å². The summed E-state index contributed by atoms with van der Waals surface area (Å²) in [6.07, 6.45) is 4.19. The van der Waals surface area contributed by atoms with Crippen LogP contribution in [0.25, 0.3) is 0 Å². The molecule has 2 nitrogen and oxygen atoms in total. The van der Waals surface area contributed by atoms with E-state index in [1.54, 1.807) is 0 Å². The number of nitrogens with one attached hydrogen (secondary N) is 1. The molecule has 0 amide bonds. The van der Waals surface area contributed by atoms with Gasteiger partial charge in [0.25, 0.3) is 0 Å². The zero-order valence-electron chi connectivity index (χ0n) is 11.1. The summed E-state index contributed by atoms with van der Waals surface area (Å²) < 4.78 is 0.